The van der Waals surface area contributed by atoms with Crippen LogP contribution >= 0.6 is 0 Å². The van der Waals surface area contributed by atoms with Gasteiger partial charge in [0.15, 0.2) is 0 Å². The van der Waals surface area contributed by atoms with E-state index in [-0.39, 0.29) is 10.8 Å². The highest BCUT2D eigenvalue weighted by atomic mass is 14.4. The maximum Gasteiger partial charge on any atom is 0.0165 e. The van der Waals surface area contributed by atoms with E-state index < -0.39 is 0 Å². The maximum absolute atomic E-state index is 2.44. The summed E-state index contributed by atoms with van der Waals surface area (Å²) in [5.41, 5.74) is 26.2. The molecular weight excluding hydrogens is 1080 g/mol. The van der Waals surface area contributed by atoms with Crippen molar-refractivity contribution in [1.82, 2.24) is 0 Å². The average molecular weight is 1150 g/mol. The molecule has 0 amide bonds. The normalized spacial score (nSPS) is 13.3. The molecule has 0 aromatic heterocycles. The van der Waals surface area contributed by atoms with E-state index in [4.69, 9.17) is 0 Å². The molecule has 0 nitrogen and oxygen atoms in total. The van der Waals surface area contributed by atoms with Gasteiger partial charge in [-0.05, 0) is 200 Å². The van der Waals surface area contributed by atoms with Gasteiger partial charge in [0.05, 0.1) is 0 Å². The fourth-order valence-corrected chi connectivity index (χ4v) is 16.0. The fraction of sp³-hybridized carbons (Fsp3) is 0.0667. The van der Waals surface area contributed by atoms with Crippen LogP contribution in [0, 0.1) is 0 Å². The first-order chi connectivity index (χ1) is 44.2. The predicted octanol–water partition coefficient (Wildman–Crippen LogP) is 24.9. The Morgan fingerprint density at radius 2 is 0.478 bits per heavy atom. The van der Waals surface area contributed by atoms with Crippen LogP contribution in [0.25, 0.3) is 154 Å². The Hall–Kier alpha value is -10.9. The second kappa shape index (κ2) is 20.9. The van der Waals surface area contributed by atoms with Crippen LogP contribution in [0.2, 0.25) is 0 Å². The van der Waals surface area contributed by atoms with Crippen molar-refractivity contribution in [2.45, 2.75) is 38.5 Å². The molecule has 16 aromatic rings. The van der Waals surface area contributed by atoms with Gasteiger partial charge >= 0.3 is 0 Å². The fourth-order valence-electron chi connectivity index (χ4n) is 16.0. The Balaban J connectivity index is 0.000000139. The monoisotopic (exact) mass is 1140 g/mol. The molecule has 424 valence electrons. The van der Waals surface area contributed by atoms with Gasteiger partial charge in [-0.3, -0.25) is 0 Å². The summed E-state index contributed by atoms with van der Waals surface area (Å²) in [4.78, 5) is 0. The third-order valence-corrected chi connectivity index (χ3v) is 20.0. The third kappa shape index (κ3) is 8.36. The number of fused-ring (bicyclic) bond motifs is 14. The van der Waals surface area contributed by atoms with Crippen LogP contribution in [-0.4, -0.2) is 0 Å². The van der Waals surface area contributed by atoms with Gasteiger partial charge in [-0.15, -0.1) is 0 Å². The zero-order valence-electron chi connectivity index (χ0n) is 51.0. The molecule has 0 saturated carbocycles. The van der Waals surface area contributed by atoms with E-state index in [2.05, 4.69) is 343 Å². The summed E-state index contributed by atoms with van der Waals surface area (Å²) in [7, 11) is 0. The highest BCUT2D eigenvalue weighted by Gasteiger charge is 2.38. The van der Waals surface area contributed by atoms with Crippen LogP contribution in [0.1, 0.15) is 49.9 Å². The van der Waals surface area contributed by atoms with Gasteiger partial charge in [-0.1, -0.05) is 319 Å². The number of hydrogen-bond donors (Lipinski definition) is 0. The van der Waals surface area contributed by atoms with E-state index in [1.54, 1.807) is 0 Å². The van der Waals surface area contributed by atoms with E-state index in [1.807, 2.05) is 0 Å². The smallest absolute Gasteiger partial charge is 0.0165 e. The Bertz CT molecular complexity index is 5470. The lowest BCUT2D eigenvalue weighted by molar-refractivity contribution is 0.666. The van der Waals surface area contributed by atoms with E-state index in [9.17, 15) is 0 Å². The number of hydrogen-bond acceptors (Lipinski definition) is 0. The molecule has 0 spiro atoms. The largest absolute Gasteiger partial charge is 0.0622 e. The second-order valence-corrected chi connectivity index (χ2v) is 25.8. The van der Waals surface area contributed by atoms with Crippen molar-refractivity contribution in [2.24, 2.45) is 0 Å². The average Bonchev–Trinajstić information content (AvgIpc) is 1.44. The molecular formula is C90H64. The zero-order valence-corrected chi connectivity index (χ0v) is 51.0. The van der Waals surface area contributed by atoms with Crippen molar-refractivity contribution in [1.29, 1.82) is 0 Å². The molecule has 0 atom stereocenters. The van der Waals surface area contributed by atoms with E-state index in [0.29, 0.717) is 0 Å². The lowest BCUT2D eigenvalue weighted by atomic mass is 9.79. The summed E-state index contributed by atoms with van der Waals surface area (Å²) in [5, 5.41) is 15.6. The third-order valence-electron chi connectivity index (χ3n) is 20.0. The van der Waals surface area contributed by atoms with Crippen molar-refractivity contribution in [3.05, 3.63) is 338 Å². The lowest BCUT2D eigenvalue weighted by Crippen LogP contribution is -2.15. The van der Waals surface area contributed by atoms with Crippen LogP contribution < -0.4 is 0 Å². The van der Waals surface area contributed by atoms with Crippen molar-refractivity contribution >= 4 is 64.6 Å². The molecule has 2 aliphatic carbocycles. The van der Waals surface area contributed by atoms with Gasteiger partial charge in [-0.25, -0.2) is 0 Å². The van der Waals surface area contributed by atoms with Crippen LogP contribution in [0.3, 0.4) is 0 Å². The van der Waals surface area contributed by atoms with Crippen molar-refractivity contribution in [3.63, 3.8) is 0 Å². The molecule has 0 aliphatic heterocycles. The van der Waals surface area contributed by atoms with Crippen molar-refractivity contribution < 1.29 is 0 Å². The summed E-state index contributed by atoms with van der Waals surface area (Å²) < 4.78 is 0. The topological polar surface area (TPSA) is 0 Å². The van der Waals surface area contributed by atoms with Crippen LogP contribution in [0.4, 0.5) is 0 Å². The summed E-state index contributed by atoms with van der Waals surface area (Å²) in [6.07, 6.45) is 0. The lowest BCUT2D eigenvalue weighted by Gasteiger charge is -2.23. The molecule has 0 radical (unpaired) electrons. The zero-order chi connectivity index (χ0) is 60.2. The molecule has 0 bridgehead atoms. The molecule has 16 aromatic carbocycles. The molecule has 2 aliphatic rings. The summed E-state index contributed by atoms with van der Waals surface area (Å²) in [6.45, 7) is 9.52. The minimum absolute atomic E-state index is 0.0514. The van der Waals surface area contributed by atoms with E-state index in [0.717, 1.165) is 0 Å². The van der Waals surface area contributed by atoms with Crippen LogP contribution in [0.15, 0.2) is 315 Å². The molecule has 0 fully saturated rings. The molecule has 0 N–H and O–H groups in total. The first-order valence-electron chi connectivity index (χ1n) is 31.7. The summed E-state index contributed by atoms with van der Waals surface area (Å²) >= 11 is 0. The van der Waals surface area contributed by atoms with Gasteiger partial charge < -0.3 is 0 Å². The van der Waals surface area contributed by atoms with Crippen LogP contribution in [0.5, 0.6) is 0 Å². The first-order valence-corrected chi connectivity index (χ1v) is 31.7. The maximum atomic E-state index is 2.44. The van der Waals surface area contributed by atoms with Gasteiger partial charge in [-0.2, -0.15) is 0 Å². The second-order valence-electron chi connectivity index (χ2n) is 25.8. The Morgan fingerprint density at radius 1 is 0.178 bits per heavy atom. The molecule has 18 rings (SSSR count). The molecule has 0 unspecified atom stereocenters. The summed E-state index contributed by atoms with van der Waals surface area (Å²) in [5.74, 6) is 0. The SMILES string of the molecule is CC1(C)c2cc(-c3cccc(-c4c5ccccc5c(-c5ccccc5)c5ccccc45)c3)ccc2-c2ccc3ccccc3c21.CC1(C)c2ccc(-c3cccc(-c4c5ccccc5c(-c5ccccc5)c5ccccc45)c3)cc2-c2ccc3ccccc3c21. The van der Waals surface area contributed by atoms with E-state index >= 15 is 0 Å². The minimum Gasteiger partial charge on any atom is -0.0622 e. The Kier molecular flexibility index (Phi) is 12.4. The predicted molar refractivity (Wildman–Crippen MR) is 386 cm³/mol. The minimum atomic E-state index is -0.0845. The van der Waals surface area contributed by atoms with Crippen molar-refractivity contribution in [2.75, 3.05) is 0 Å². The highest BCUT2D eigenvalue weighted by Crippen LogP contribution is 2.55. The quantitative estimate of drug-likeness (QED) is 0.146. The Labute approximate surface area is 526 Å². The number of rotatable bonds is 6. The molecule has 0 heterocycles. The van der Waals surface area contributed by atoms with Crippen molar-refractivity contribution in [3.8, 4) is 89.0 Å². The summed E-state index contributed by atoms with van der Waals surface area (Å²) in [6, 6.07) is 117. The molecule has 0 heteroatoms. The molecule has 0 saturated heterocycles. The standard InChI is InChI=1S/2C45H32/c1-45(2)41-28-32(24-25-35(41)40-26-23-29-13-6-7-18-34(29)44(40)45)31-16-12-17-33(27-31)43-38-21-10-8-19-36(38)42(30-14-4-3-5-15-30)37-20-9-11-22-39(37)43;1-45(2)41-26-24-32(28-40(41)39-25-23-29-13-6-7-18-34(29)44(39)45)31-16-12-17-33(27-31)43-37-21-10-8-19-35(37)42(30-14-4-3-5-15-30)36-20-9-11-22-38(36)43/h2*3-28H,1-2H3. The van der Waals surface area contributed by atoms with Gasteiger partial charge in [0, 0.05) is 10.8 Å². The molecule has 90 heavy (non-hydrogen) atoms. The highest BCUT2D eigenvalue weighted by molar-refractivity contribution is 6.23. The Morgan fingerprint density at radius 3 is 0.911 bits per heavy atom. The van der Waals surface area contributed by atoms with Crippen LogP contribution in [-0.2, 0) is 10.8 Å². The van der Waals surface area contributed by atoms with Gasteiger partial charge in [0.25, 0.3) is 0 Å². The number of benzene rings is 16. The van der Waals surface area contributed by atoms with Gasteiger partial charge in [0.2, 0.25) is 0 Å². The van der Waals surface area contributed by atoms with E-state index in [1.165, 1.54) is 176 Å². The first kappa shape index (κ1) is 53.3. The van der Waals surface area contributed by atoms with Gasteiger partial charge in [0.1, 0.15) is 0 Å².